The van der Waals surface area contributed by atoms with Crippen molar-refractivity contribution in [3.05, 3.63) is 51.7 Å². The Labute approximate surface area is 170 Å². The molecule has 0 radical (unpaired) electrons. The maximum absolute atomic E-state index is 12.4. The predicted octanol–water partition coefficient (Wildman–Crippen LogP) is 2.77. The van der Waals surface area contributed by atoms with Gasteiger partial charge < -0.3 is 15.5 Å². The zero-order valence-corrected chi connectivity index (χ0v) is 17.3. The summed E-state index contributed by atoms with van der Waals surface area (Å²) in [5, 5.41) is 5.69. The summed E-state index contributed by atoms with van der Waals surface area (Å²) in [5.41, 5.74) is 2.05. The Hall–Kier alpha value is -2.22. The lowest BCUT2D eigenvalue weighted by molar-refractivity contribution is -0.119. The van der Waals surface area contributed by atoms with Crippen LogP contribution in [0.3, 0.4) is 0 Å². The van der Waals surface area contributed by atoms with Crippen LogP contribution in [0.2, 0.25) is 0 Å². The van der Waals surface area contributed by atoms with Gasteiger partial charge in [0, 0.05) is 50.2 Å². The van der Waals surface area contributed by atoms with Crippen LogP contribution in [0.5, 0.6) is 0 Å². The van der Waals surface area contributed by atoms with Crippen molar-refractivity contribution in [2.75, 3.05) is 38.0 Å². The van der Waals surface area contributed by atoms with Crippen LogP contribution in [0.1, 0.15) is 34.0 Å². The largest absolute Gasteiger partial charge is 0.351 e. The molecule has 2 aromatic rings. The Morgan fingerprint density at radius 3 is 2.32 bits per heavy atom. The maximum atomic E-state index is 12.4. The first-order valence-electron chi connectivity index (χ1n) is 9.71. The Kier molecular flexibility index (Phi) is 7.19. The van der Waals surface area contributed by atoms with Crippen molar-refractivity contribution in [1.82, 2.24) is 15.1 Å². The molecule has 1 saturated heterocycles. The third-order valence-corrected chi connectivity index (χ3v) is 6.01. The molecule has 1 aromatic carbocycles. The highest BCUT2D eigenvalue weighted by Crippen LogP contribution is 2.19. The summed E-state index contributed by atoms with van der Waals surface area (Å²) in [6.07, 6.45) is 0. The number of carbonyl (C=O) groups is 2. The summed E-state index contributed by atoms with van der Waals surface area (Å²) in [6, 6.07) is 11.7. The average molecular weight is 401 g/mol. The molecule has 0 saturated carbocycles. The smallest absolute Gasteiger partial charge is 0.265 e. The minimum atomic E-state index is -0.123. The lowest BCUT2D eigenvalue weighted by atomic mass is 10.1. The summed E-state index contributed by atoms with van der Waals surface area (Å²) in [4.78, 5) is 30.0. The molecule has 1 aliphatic rings. The molecule has 0 unspecified atom stereocenters. The number of rotatable bonds is 7. The molecule has 2 heterocycles. The lowest BCUT2D eigenvalue weighted by Gasteiger charge is -2.34. The molecule has 1 fully saturated rings. The van der Waals surface area contributed by atoms with Crippen molar-refractivity contribution in [1.29, 1.82) is 0 Å². The van der Waals surface area contributed by atoms with Crippen molar-refractivity contribution >= 4 is 28.8 Å². The van der Waals surface area contributed by atoms with E-state index in [2.05, 4.69) is 39.5 Å². The molecule has 2 amide bonds. The van der Waals surface area contributed by atoms with Crippen molar-refractivity contribution in [3.63, 3.8) is 0 Å². The first-order chi connectivity index (χ1) is 13.5. The van der Waals surface area contributed by atoms with Crippen LogP contribution in [0.25, 0.3) is 0 Å². The average Bonchev–Trinajstić information content (AvgIpc) is 3.18. The Balaban J connectivity index is 1.50. The topological polar surface area (TPSA) is 64.7 Å². The predicted molar refractivity (Wildman–Crippen MR) is 114 cm³/mol. The number of nitrogens with zero attached hydrogens (tertiary/aromatic N) is 2. The van der Waals surface area contributed by atoms with E-state index in [9.17, 15) is 9.59 Å². The van der Waals surface area contributed by atoms with Gasteiger partial charge in [0.25, 0.3) is 5.91 Å². The zero-order chi connectivity index (χ0) is 19.9. The Morgan fingerprint density at radius 2 is 1.68 bits per heavy atom. The van der Waals surface area contributed by atoms with E-state index in [0.717, 1.165) is 49.8 Å². The fraction of sp³-hybridized carbons (Fsp3) is 0.429. The molecule has 150 valence electrons. The van der Waals surface area contributed by atoms with Crippen LogP contribution < -0.4 is 10.6 Å². The number of amides is 2. The van der Waals surface area contributed by atoms with E-state index in [1.165, 1.54) is 23.8 Å². The fourth-order valence-corrected chi connectivity index (χ4v) is 4.06. The van der Waals surface area contributed by atoms with Gasteiger partial charge in [-0.15, -0.1) is 11.3 Å². The number of benzene rings is 1. The number of piperazine rings is 1. The van der Waals surface area contributed by atoms with Crippen LogP contribution in [0, 0.1) is 0 Å². The molecule has 1 aromatic heterocycles. The van der Waals surface area contributed by atoms with Crippen molar-refractivity contribution in [3.8, 4) is 0 Å². The van der Waals surface area contributed by atoms with Gasteiger partial charge in [-0.3, -0.25) is 14.5 Å². The summed E-state index contributed by atoms with van der Waals surface area (Å²) < 4.78 is 0. The van der Waals surface area contributed by atoms with Crippen molar-refractivity contribution < 1.29 is 9.59 Å². The second-order valence-electron chi connectivity index (χ2n) is 7.04. The molecule has 0 atom stereocenters. The van der Waals surface area contributed by atoms with Crippen LogP contribution >= 0.6 is 11.3 Å². The number of nitrogens with one attached hydrogen (secondary N) is 2. The number of thiophene rings is 1. The molecule has 7 heteroatoms. The summed E-state index contributed by atoms with van der Waals surface area (Å²) >= 11 is 1.39. The highest BCUT2D eigenvalue weighted by Gasteiger charge is 2.15. The van der Waals surface area contributed by atoms with Gasteiger partial charge in [0.1, 0.15) is 0 Å². The molecule has 3 rings (SSSR count). The van der Waals surface area contributed by atoms with Crippen LogP contribution in [-0.4, -0.2) is 54.3 Å². The normalized spacial score (nSPS) is 15.4. The number of anilines is 1. The van der Waals surface area contributed by atoms with Gasteiger partial charge >= 0.3 is 0 Å². The molecule has 0 bridgehead atoms. The van der Waals surface area contributed by atoms with E-state index < -0.39 is 0 Å². The molecule has 1 aliphatic heterocycles. The molecule has 28 heavy (non-hydrogen) atoms. The SMILES string of the molecule is CCN1CCN(Cc2ccc(NC(=O)c3ccc(CNC(C)=O)s3)cc2)CC1. The van der Waals surface area contributed by atoms with Crippen LogP contribution in [0.4, 0.5) is 5.69 Å². The van der Waals surface area contributed by atoms with Gasteiger partial charge in [-0.2, -0.15) is 0 Å². The third kappa shape index (κ3) is 5.89. The molecular formula is C21H28N4O2S. The van der Waals surface area contributed by atoms with Gasteiger partial charge in [-0.1, -0.05) is 19.1 Å². The number of likely N-dealkylation sites (N-methyl/N-ethyl adjacent to an activating group) is 1. The molecule has 0 spiro atoms. The summed E-state index contributed by atoms with van der Waals surface area (Å²) in [7, 11) is 0. The monoisotopic (exact) mass is 400 g/mol. The minimum absolute atomic E-state index is 0.0771. The van der Waals surface area contributed by atoms with E-state index >= 15 is 0 Å². The zero-order valence-electron chi connectivity index (χ0n) is 16.5. The quantitative estimate of drug-likeness (QED) is 0.750. The lowest BCUT2D eigenvalue weighted by Crippen LogP contribution is -2.45. The molecule has 0 aliphatic carbocycles. The molecule has 6 nitrogen and oxygen atoms in total. The number of carbonyl (C=O) groups excluding carboxylic acids is 2. The van der Waals surface area contributed by atoms with E-state index in [-0.39, 0.29) is 11.8 Å². The minimum Gasteiger partial charge on any atom is -0.351 e. The number of hydrogen-bond acceptors (Lipinski definition) is 5. The first-order valence-corrected chi connectivity index (χ1v) is 10.5. The van der Waals surface area contributed by atoms with Crippen molar-refractivity contribution in [2.45, 2.75) is 26.9 Å². The maximum Gasteiger partial charge on any atom is 0.265 e. The van der Waals surface area contributed by atoms with Crippen molar-refractivity contribution in [2.24, 2.45) is 0 Å². The molecule has 2 N–H and O–H groups in total. The molecular weight excluding hydrogens is 372 g/mol. The van der Waals surface area contributed by atoms with E-state index in [4.69, 9.17) is 0 Å². The van der Waals surface area contributed by atoms with Gasteiger partial charge in [0.2, 0.25) is 5.91 Å². The van der Waals surface area contributed by atoms with Gasteiger partial charge in [-0.25, -0.2) is 0 Å². The third-order valence-electron chi connectivity index (χ3n) is 4.93. The van der Waals surface area contributed by atoms with Gasteiger partial charge in [0.15, 0.2) is 0 Å². The van der Waals surface area contributed by atoms with E-state index in [0.29, 0.717) is 11.4 Å². The van der Waals surface area contributed by atoms with E-state index in [1.807, 2.05) is 18.2 Å². The first kappa shape index (κ1) is 20.5. The summed E-state index contributed by atoms with van der Waals surface area (Å²) in [6.45, 7) is 10.7. The van der Waals surface area contributed by atoms with E-state index in [1.54, 1.807) is 6.07 Å². The van der Waals surface area contributed by atoms with Crippen LogP contribution in [-0.2, 0) is 17.9 Å². The highest BCUT2D eigenvalue weighted by atomic mass is 32.1. The summed E-state index contributed by atoms with van der Waals surface area (Å²) in [5.74, 6) is -0.200. The highest BCUT2D eigenvalue weighted by molar-refractivity contribution is 7.14. The van der Waals surface area contributed by atoms with Gasteiger partial charge in [0.05, 0.1) is 11.4 Å². The second-order valence-corrected chi connectivity index (χ2v) is 8.21. The van der Waals surface area contributed by atoms with Gasteiger partial charge in [-0.05, 0) is 36.4 Å². The fourth-order valence-electron chi connectivity index (χ4n) is 3.21. The Bertz CT molecular complexity index is 795. The Morgan fingerprint density at radius 1 is 1.00 bits per heavy atom. The van der Waals surface area contributed by atoms with Crippen LogP contribution in [0.15, 0.2) is 36.4 Å². The second kappa shape index (κ2) is 9.82. The number of hydrogen-bond donors (Lipinski definition) is 2. The standard InChI is InChI=1S/C21H28N4O2S/c1-3-24-10-12-25(13-11-24)15-17-4-6-18(7-5-17)23-21(27)20-9-8-19(28-20)14-22-16(2)26/h4-9H,3,10-15H2,1-2H3,(H,22,26)(H,23,27).